The molecule has 2 aromatic carbocycles. The third kappa shape index (κ3) is 4.57. The molecule has 5 rings (SSSR count). The fourth-order valence-electron chi connectivity index (χ4n) is 4.06. The Bertz CT molecular complexity index is 1240. The molecule has 1 fully saturated rings. The zero-order valence-electron chi connectivity index (χ0n) is 17.2. The van der Waals surface area contributed by atoms with Gasteiger partial charge in [-0.25, -0.2) is 4.79 Å². The van der Waals surface area contributed by atoms with Crippen molar-refractivity contribution in [3.63, 3.8) is 0 Å². The van der Waals surface area contributed by atoms with Crippen molar-refractivity contribution in [1.82, 2.24) is 4.90 Å². The molecule has 0 atom stereocenters. The number of anilines is 1. The minimum absolute atomic E-state index is 0.318. The Balaban J connectivity index is 1.31. The number of fused-ring (bicyclic) bond motifs is 1. The van der Waals surface area contributed by atoms with Gasteiger partial charge in [-0.2, -0.15) is 11.3 Å². The van der Waals surface area contributed by atoms with Crippen LogP contribution in [0.25, 0.3) is 28.2 Å². The summed E-state index contributed by atoms with van der Waals surface area (Å²) >= 11 is 1.68. The second kappa shape index (κ2) is 8.82. The van der Waals surface area contributed by atoms with Crippen molar-refractivity contribution in [3.8, 4) is 11.1 Å². The smallest absolute Gasteiger partial charge is 0.338 e. The highest BCUT2D eigenvalue weighted by Gasteiger charge is 2.18. The molecule has 3 heterocycles. The second-order valence-corrected chi connectivity index (χ2v) is 8.66. The molecular weight excluding hydrogens is 404 g/mol. The SMILES string of the molecule is O=c1cc(NC2CCN(/C=C/c3ccccc3)CC2)c2cc(-c3ccsc3)ccc2o1. The van der Waals surface area contributed by atoms with Crippen LogP contribution in [0.3, 0.4) is 0 Å². The summed E-state index contributed by atoms with van der Waals surface area (Å²) in [7, 11) is 0. The maximum atomic E-state index is 12.1. The highest BCUT2D eigenvalue weighted by Crippen LogP contribution is 2.30. The monoisotopic (exact) mass is 428 g/mol. The molecule has 0 amide bonds. The number of likely N-dealkylation sites (tertiary alicyclic amines) is 1. The van der Waals surface area contributed by atoms with E-state index in [9.17, 15) is 4.79 Å². The van der Waals surface area contributed by atoms with Crippen LogP contribution in [0, 0.1) is 0 Å². The van der Waals surface area contributed by atoms with Crippen LogP contribution in [0.4, 0.5) is 5.69 Å². The minimum atomic E-state index is -0.318. The lowest BCUT2D eigenvalue weighted by molar-refractivity contribution is 0.295. The predicted octanol–water partition coefficient (Wildman–Crippen LogP) is 6.07. The highest BCUT2D eigenvalue weighted by molar-refractivity contribution is 7.08. The number of hydrogen-bond acceptors (Lipinski definition) is 5. The van der Waals surface area contributed by atoms with E-state index in [0.717, 1.165) is 42.6 Å². The number of piperidine rings is 1. The molecule has 1 aliphatic rings. The third-order valence-corrected chi connectivity index (χ3v) is 6.45. The molecule has 156 valence electrons. The lowest BCUT2D eigenvalue weighted by atomic mass is 10.0. The van der Waals surface area contributed by atoms with Gasteiger partial charge < -0.3 is 14.6 Å². The lowest BCUT2D eigenvalue weighted by Gasteiger charge is -2.32. The molecule has 0 saturated carbocycles. The molecule has 1 N–H and O–H groups in total. The average Bonchev–Trinajstić information content (AvgIpc) is 3.34. The van der Waals surface area contributed by atoms with E-state index in [2.05, 4.69) is 69.7 Å². The molecule has 2 aromatic heterocycles. The molecular formula is C26H24N2O2S. The topological polar surface area (TPSA) is 45.5 Å². The summed E-state index contributed by atoms with van der Waals surface area (Å²) in [5, 5.41) is 8.78. The van der Waals surface area contributed by atoms with Crippen molar-refractivity contribution in [2.24, 2.45) is 0 Å². The Hall–Kier alpha value is -3.31. The zero-order chi connectivity index (χ0) is 21.0. The van der Waals surface area contributed by atoms with Crippen LogP contribution in [-0.4, -0.2) is 24.0 Å². The fraction of sp³-hybridized carbons (Fsp3) is 0.192. The predicted molar refractivity (Wildman–Crippen MR) is 129 cm³/mol. The number of rotatable bonds is 5. The number of hydrogen-bond donors (Lipinski definition) is 1. The lowest BCUT2D eigenvalue weighted by Crippen LogP contribution is -2.36. The van der Waals surface area contributed by atoms with Gasteiger partial charge in [0.05, 0.1) is 5.69 Å². The molecule has 0 aliphatic carbocycles. The Kier molecular flexibility index (Phi) is 5.59. The van der Waals surface area contributed by atoms with Gasteiger partial charge in [-0.15, -0.1) is 0 Å². The fourth-order valence-corrected chi connectivity index (χ4v) is 4.72. The Morgan fingerprint density at radius 1 is 1.00 bits per heavy atom. The first-order valence-electron chi connectivity index (χ1n) is 10.6. The number of nitrogens with one attached hydrogen (secondary N) is 1. The van der Waals surface area contributed by atoms with E-state index in [1.165, 1.54) is 11.1 Å². The van der Waals surface area contributed by atoms with Crippen molar-refractivity contribution < 1.29 is 4.42 Å². The van der Waals surface area contributed by atoms with Crippen LogP contribution >= 0.6 is 11.3 Å². The molecule has 4 aromatic rings. The van der Waals surface area contributed by atoms with E-state index in [-0.39, 0.29) is 5.63 Å². The van der Waals surface area contributed by atoms with Crippen LogP contribution in [0.2, 0.25) is 0 Å². The number of benzene rings is 2. The van der Waals surface area contributed by atoms with Gasteiger partial charge in [0.2, 0.25) is 0 Å². The second-order valence-electron chi connectivity index (χ2n) is 7.88. The Morgan fingerprint density at radius 2 is 1.84 bits per heavy atom. The summed E-state index contributed by atoms with van der Waals surface area (Å²) in [6, 6.07) is 20.4. The summed E-state index contributed by atoms with van der Waals surface area (Å²) in [4.78, 5) is 14.5. The first-order chi connectivity index (χ1) is 15.2. The molecule has 1 aliphatic heterocycles. The van der Waals surface area contributed by atoms with Gasteiger partial charge in [0.15, 0.2) is 0 Å². The van der Waals surface area contributed by atoms with Gasteiger partial charge in [-0.1, -0.05) is 36.4 Å². The highest BCUT2D eigenvalue weighted by atomic mass is 32.1. The van der Waals surface area contributed by atoms with Gasteiger partial charge in [0.1, 0.15) is 5.58 Å². The molecule has 0 spiro atoms. The first kappa shape index (κ1) is 19.6. The van der Waals surface area contributed by atoms with Crippen LogP contribution in [-0.2, 0) is 0 Å². The summed E-state index contributed by atoms with van der Waals surface area (Å²) < 4.78 is 5.44. The van der Waals surface area contributed by atoms with E-state index >= 15 is 0 Å². The molecule has 1 saturated heterocycles. The summed E-state index contributed by atoms with van der Waals surface area (Å²) in [5.74, 6) is 0. The van der Waals surface area contributed by atoms with Crippen molar-refractivity contribution in [3.05, 3.63) is 93.6 Å². The third-order valence-electron chi connectivity index (χ3n) is 5.76. The van der Waals surface area contributed by atoms with Crippen molar-refractivity contribution in [2.75, 3.05) is 18.4 Å². The zero-order valence-corrected chi connectivity index (χ0v) is 18.0. The molecule has 0 bridgehead atoms. The first-order valence-corrected chi connectivity index (χ1v) is 11.5. The van der Waals surface area contributed by atoms with Crippen LogP contribution in [0.5, 0.6) is 0 Å². The van der Waals surface area contributed by atoms with Crippen molar-refractivity contribution in [1.29, 1.82) is 0 Å². The van der Waals surface area contributed by atoms with E-state index in [1.54, 1.807) is 17.4 Å². The molecule has 4 nitrogen and oxygen atoms in total. The van der Waals surface area contributed by atoms with Crippen LogP contribution < -0.4 is 10.9 Å². The van der Waals surface area contributed by atoms with Crippen molar-refractivity contribution in [2.45, 2.75) is 18.9 Å². The normalized spacial score (nSPS) is 15.0. The molecule has 31 heavy (non-hydrogen) atoms. The minimum Gasteiger partial charge on any atom is -0.423 e. The van der Waals surface area contributed by atoms with E-state index in [4.69, 9.17) is 4.42 Å². The van der Waals surface area contributed by atoms with Crippen LogP contribution in [0.1, 0.15) is 18.4 Å². The van der Waals surface area contributed by atoms with Crippen LogP contribution in [0.15, 0.2) is 86.8 Å². The van der Waals surface area contributed by atoms with Gasteiger partial charge in [0.25, 0.3) is 0 Å². The largest absolute Gasteiger partial charge is 0.423 e. The van der Waals surface area contributed by atoms with E-state index in [0.29, 0.717) is 11.6 Å². The molecule has 0 unspecified atom stereocenters. The Morgan fingerprint density at radius 3 is 2.61 bits per heavy atom. The van der Waals surface area contributed by atoms with Crippen molar-refractivity contribution >= 4 is 34.1 Å². The summed E-state index contributed by atoms with van der Waals surface area (Å²) in [5.41, 5.74) is 4.70. The average molecular weight is 429 g/mol. The summed E-state index contributed by atoms with van der Waals surface area (Å²) in [6.45, 7) is 1.97. The van der Waals surface area contributed by atoms with Gasteiger partial charge in [-0.3, -0.25) is 0 Å². The maximum Gasteiger partial charge on any atom is 0.338 e. The van der Waals surface area contributed by atoms with Gasteiger partial charge in [-0.05, 0) is 70.8 Å². The van der Waals surface area contributed by atoms with E-state index in [1.807, 2.05) is 18.2 Å². The van der Waals surface area contributed by atoms with E-state index < -0.39 is 0 Å². The quantitative estimate of drug-likeness (QED) is 0.392. The maximum absolute atomic E-state index is 12.1. The summed E-state index contributed by atoms with van der Waals surface area (Å²) in [6.07, 6.45) is 6.39. The number of thiophene rings is 1. The molecule has 5 heteroatoms. The Labute approximate surface area is 185 Å². The van der Waals surface area contributed by atoms with Gasteiger partial charge >= 0.3 is 5.63 Å². The van der Waals surface area contributed by atoms with Gasteiger partial charge in [0, 0.05) is 30.6 Å². The number of nitrogens with zero attached hydrogens (tertiary/aromatic N) is 1. The molecule has 0 radical (unpaired) electrons. The standard InChI is InChI=1S/C26H24N2O2S/c29-26-17-24(23-16-20(6-7-25(23)30-26)21-11-15-31-18-21)27-22-9-13-28(14-10-22)12-8-19-4-2-1-3-5-19/h1-8,11-12,15-18,22,27H,9-10,13-14H2/b12-8+.